The van der Waals surface area contributed by atoms with Crippen molar-refractivity contribution >= 4 is 11.6 Å². The van der Waals surface area contributed by atoms with Crippen LogP contribution in [0.25, 0.3) is 0 Å². The third kappa shape index (κ3) is 3.25. The molecule has 0 atom stereocenters. The molecule has 106 valence electrons. The summed E-state index contributed by atoms with van der Waals surface area (Å²) in [5.74, 6) is 1.28. The first-order chi connectivity index (χ1) is 9.60. The number of aryl methyl sites for hydroxylation is 1. The van der Waals surface area contributed by atoms with Gasteiger partial charge in [-0.3, -0.25) is 4.79 Å². The molecular formula is C13H16N4O3. The molecule has 1 amide bonds. The van der Waals surface area contributed by atoms with Crippen molar-refractivity contribution in [1.29, 1.82) is 0 Å². The van der Waals surface area contributed by atoms with Crippen LogP contribution in [0, 0.1) is 6.92 Å². The van der Waals surface area contributed by atoms with Crippen LogP contribution in [0.1, 0.15) is 22.1 Å². The van der Waals surface area contributed by atoms with Gasteiger partial charge in [0.2, 0.25) is 5.89 Å². The van der Waals surface area contributed by atoms with Crippen LogP contribution < -0.4 is 15.8 Å². The highest BCUT2D eigenvalue weighted by atomic mass is 16.5. The number of nitrogen functional groups attached to an aromatic ring is 1. The van der Waals surface area contributed by atoms with E-state index in [4.69, 9.17) is 15.0 Å². The zero-order valence-electron chi connectivity index (χ0n) is 11.3. The van der Waals surface area contributed by atoms with Gasteiger partial charge in [0.15, 0.2) is 5.82 Å². The van der Waals surface area contributed by atoms with Crippen molar-refractivity contribution in [3.8, 4) is 5.75 Å². The van der Waals surface area contributed by atoms with Crippen molar-refractivity contribution < 1.29 is 14.1 Å². The molecule has 2 rings (SSSR count). The van der Waals surface area contributed by atoms with E-state index in [-0.39, 0.29) is 5.91 Å². The number of rotatable bonds is 5. The predicted molar refractivity (Wildman–Crippen MR) is 72.5 cm³/mol. The molecule has 0 aliphatic rings. The van der Waals surface area contributed by atoms with Crippen molar-refractivity contribution in [2.24, 2.45) is 0 Å². The molecule has 2 aromatic rings. The number of nitrogens with two attached hydrogens (primary N) is 1. The van der Waals surface area contributed by atoms with Gasteiger partial charge in [0.1, 0.15) is 5.75 Å². The number of carbonyl (C=O) groups excluding carboxylic acids is 1. The van der Waals surface area contributed by atoms with Crippen LogP contribution in [0.4, 0.5) is 5.69 Å². The second-order valence-corrected chi connectivity index (χ2v) is 4.20. The first-order valence-corrected chi connectivity index (χ1v) is 6.11. The molecule has 1 aromatic carbocycles. The normalized spacial score (nSPS) is 10.3. The topological polar surface area (TPSA) is 103 Å². The van der Waals surface area contributed by atoms with Crippen molar-refractivity contribution in [2.45, 2.75) is 13.3 Å². The van der Waals surface area contributed by atoms with Crippen LogP contribution in [0.2, 0.25) is 0 Å². The van der Waals surface area contributed by atoms with Crippen LogP contribution in [-0.2, 0) is 6.42 Å². The number of aromatic nitrogens is 2. The van der Waals surface area contributed by atoms with E-state index in [2.05, 4.69) is 15.5 Å². The van der Waals surface area contributed by atoms with Crippen LogP contribution in [0.15, 0.2) is 22.7 Å². The largest absolute Gasteiger partial charge is 0.496 e. The van der Waals surface area contributed by atoms with Gasteiger partial charge < -0.3 is 20.3 Å². The van der Waals surface area contributed by atoms with Crippen molar-refractivity contribution in [1.82, 2.24) is 15.5 Å². The fourth-order valence-electron chi connectivity index (χ4n) is 1.72. The molecule has 0 radical (unpaired) electrons. The van der Waals surface area contributed by atoms with Gasteiger partial charge in [0, 0.05) is 31.6 Å². The Kier molecular flexibility index (Phi) is 4.19. The van der Waals surface area contributed by atoms with E-state index in [1.54, 1.807) is 25.1 Å². The lowest BCUT2D eigenvalue weighted by atomic mass is 10.1. The highest BCUT2D eigenvalue weighted by molar-refractivity contribution is 5.97. The average molecular weight is 276 g/mol. The Hall–Kier alpha value is -2.57. The van der Waals surface area contributed by atoms with Gasteiger partial charge >= 0.3 is 0 Å². The Labute approximate surface area is 116 Å². The second kappa shape index (κ2) is 6.05. The molecule has 20 heavy (non-hydrogen) atoms. The molecule has 0 spiro atoms. The van der Waals surface area contributed by atoms with Gasteiger partial charge in [-0.25, -0.2) is 0 Å². The average Bonchev–Trinajstić information content (AvgIpc) is 2.84. The molecule has 7 heteroatoms. The van der Waals surface area contributed by atoms with E-state index in [1.807, 2.05) is 0 Å². The number of hydrogen-bond acceptors (Lipinski definition) is 6. The second-order valence-electron chi connectivity index (χ2n) is 4.20. The molecule has 0 aliphatic heterocycles. The molecule has 0 saturated heterocycles. The number of anilines is 1. The summed E-state index contributed by atoms with van der Waals surface area (Å²) >= 11 is 0. The Balaban J connectivity index is 1.95. The van der Waals surface area contributed by atoms with Crippen LogP contribution in [0.3, 0.4) is 0 Å². The molecule has 1 heterocycles. The van der Waals surface area contributed by atoms with Gasteiger partial charge in [-0.1, -0.05) is 5.16 Å². The molecule has 0 aliphatic carbocycles. The molecule has 7 nitrogen and oxygen atoms in total. The van der Waals surface area contributed by atoms with Crippen molar-refractivity contribution in [3.63, 3.8) is 0 Å². The summed E-state index contributed by atoms with van der Waals surface area (Å²) in [6.07, 6.45) is 0.500. The number of carbonyl (C=O) groups is 1. The zero-order valence-corrected chi connectivity index (χ0v) is 11.3. The molecule has 3 N–H and O–H groups in total. The summed E-state index contributed by atoms with van der Waals surface area (Å²) in [6.45, 7) is 2.12. The van der Waals surface area contributed by atoms with Gasteiger partial charge in [-0.05, 0) is 12.1 Å². The lowest BCUT2D eigenvalue weighted by Crippen LogP contribution is -2.26. The number of nitrogens with zero attached hydrogens (tertiary/aromatic N) is 2. The molecule has 0 unspecified atom stereocenters. The third-order valence-electron chi connectivity index (χ3n) is 2.67. The lowest BCUT2D eigenvalue weighted by molar-refractivity contribution is 0.0951. The summed E-state index contributed by atoms with van der Waals surface area (Å²) in [5, 5.41) is 6.52. The standard InChI is InChI=1S/C13H16N4O3/c1-8-16-12(17-20-8)5-6-15-13(18)10-4-3-9(14)7-11(10)19-2/h3-4,7H,5-6,14H2,1-2H3,(H,15,18). The van der Waals surface area contributed by atoms with Gasteiger partial charge in [0.05, 0.1) is 12.7 Å². The van der Waals surface area contributed by atoms with E-state index in [0.29, 0.717) is 41.7 Å². The first kappa shape index (κ1) is 13.9. The SMILES string of the molecule is COc1cc(N)ccc1C(=O)NCCc1noc(C)n1. The maximum atomic E-state index is 12.0. The van der Waals surface area contributed by atoms with Crippen LogP contribution >= 0.6 is 0 Å². The van der Waals surface area contributed by atoms with Gasteiger partial charge in [0.25, 0.3) is 5.91 Å². The van der Waals surface area contributed by atoms with Crippen molar-refractivity contribution in [3.05, 3.63) is 35.5 Å². The highest BCUT2D eigenvalue weighted by Crippen LogP contribution is 2.21. The smallest absolute Gasteiger partial charge is 0.255 e. The Morgan fingerprint density at radius 3 is 2.95 bits per heavy atom. The Bertz CT molecular complexity index is 609. The minimum absolute atomic E-state index is 0.234. The zero-order chi connectivity index (χ0) is 14.5. The molecular weight excluding hydrogens is 260 g/mol. The summed E-state index contributed by atoms with van der Waals surface area (Å²) in [6, 6.07) is 4.89. The van der Waals surface area contributed by atoms with Gasteiger partial charge in [-0.2, -0.15) is 4.98 Å². The minimum atomic E-state index is -0.234. The lowest BCUT2D eigenvalue weighted by Gasteiger charge is -2.09. The Morgan fingerprint density at radius 2 is 2.30 bits per heavy atom. The Morgan fingerprint density at radius 1 is 1.50 bits per heavy atom. The van der Waals surface area contributed by atoms with E-state index >= 15 is 0 Å². The monoisotopic (exact) mass is 276 g/mol. The highest BCUT2D eigenvalue weighted by Gasteiger charge is 2.12. The maximum Gasteiger partial charge on any atom is 0.255 e. The van der Waals surface area contributed by atoms with Crippen LogP contribution in [-0.4, -0.2) is 29.7 Å². The van der Waals surface area contributed by atoms with Crippen LogP contribution in [0.5, 0.6) is 5.75 Å². The summed E-state index contributed by atoms with van der Waals surface area (Å²) < 4.78 is 9.98. The first-order valence-electron chi connectivity index (χ1n) is 6.11. The number of ether oxygens (including phenoxy) is 1. The molecule has 0 bridgehead atoms. The third-order valence-corrected chi connectivity index (χ3v) is 2.67. The van der Waals surface area contributed by atoms with E-state index in [9.17, 15) is 4.79 Å². The molecule has 0 saturated carbocycles. The molecule has 0 fully saturated rings. The number of benzene rings is 1. The number of nitrogens with one attached hydrogen (secondary N) is 1. The van der Waals surface area contributed by atoms with E-state index < -0.39 is 0 Å². The summed E-state index contributed by atoms with van der Waals surface area (Å²) in [5.41, 5.74) is 6.62. The van der Waals surface area contributed by atoms with E-state index in [1.165, 1.54) is 7.11 Å². The summed E-state index contributed by atoms with van der Waals surface area (Å²) in [4.78, 5) is 16.1. The van der Waals surface area contributed by atoms with E-state index in [0.717, 1.165) is 0 Å². The fourth-order valence-corrected chi connectivity index (χ4v) is 1.72. The fraction of sp³-hybridized carbons (Fsp3) is 0.308. The maximum absolute atomic E-state index is 12.0. The summed E-state index contributed by atoms with van der Waals surface area (Å²) in [7, 11) is 1.49. The molecule has 1 aromatic heterocycles. The number of methoxy groups -OCH3 is 1. The number of hydrogen-bond donors (Lipinski definition) is 2. The van der Waals surface area contributed by atoms with Crippen molar-refractivity contribution in [2.75, 3.05) is 19.4 Å². The quantitative estimate of drug-likeness (QED) is 0.788. The number of amides is 1. The van der Waals surface area contributed by atoms with Gasteiger partial charge in [-0.15, -0.1) is 0 Å². The predicted octanol–water partition coefficient (Wildman–Crippen LogP) is 0.941. The minimum Gasteiger partial charge on any atom is -0.496 e.